The molecule has 0 radical (unpaired) electrons. The largest absolute Gasteiger partial charge is 0.377 e. The SMILES string of the molecule is C\C=C/C=C\C=C\C1Nc2cc(Nc3ccccc3C)ccc2C1(c1ccccc1)c1ccccc1. The summed E-state index contributed by atoms with van der Waals surface area (Å²) in [6.45, 7) is 4.16. The van der Waals surface area contributed by atoms with Crippen LogP contribution < -0.4 is 10.6 Å². The van der Waals surface area contributed by atoms with Gasteiger partial charge in [0.2, 0.25) is 0 Å². The molecule has 178 valence electrons. The van der Waals surface area contributed by atoms with Gasteiger partial charge in [0.1, 0.15) is 0 Å². The van der Waals surface area contributed by atoms with Gasteiger partial charge in [0.05, 0.1) is 11.5 Å². The van der Waals surface area contributed by atoms with E-state index in [2.05, 4.69) is 145 Å². The zero-order chi connectivity index (χ0) is 24.8. The second kappa shape index (κ2) is 10.5. The van der Waals surface area contributed by atoms with E-state index in [1.807, 2.05) is 19.1 Å². The van der Waals surface area contributed by atoms with Crippen molar-refractivity contribution >= 4 is 17.1 Å². The van der Waals surface area contributed by atoms with Gasteiger partial charge in [0, 0.05) is 17.1 Å². The monoisotopic (exact) mass is 468 g/mol. The van der Waals surface area contributed by atoms with Crippen LogP contribution in [0.5, 0.6) is 0 Å². The van der Waals surface area contributed by atoms with Crippen LogP contribution in [0.2, 0.25) is 0 Å². The average Bonchev–Trinajstić information content (AvgIpc) is 3.25. The van der Waals surface area contributed by atoms with E-state index in [1.165, 1.54) is 22.3 Å². The van der Waals surface area contributed by atoms with Gasteiger partial charge in [-0.1, -0.05) is 121 Å². The minimum atomic E-state index is -0.357. The van der Waals surface area contributed by atoms with Crippen LogP contribution in [0, 0.1) is 6.92 Å². The maximum atomic E-state index is 3.88. The van der Waals surface area contributed by atoms with Gasteiger partial charge >= 0.3 is 0 Å². The minimum absolute atomic E-state index is 0.0428. The van der Waals surface area contributed by atoms with Crippen molar-refractivity contribution in [2.75, 3.05) is 10.6 Å². The third kappa shape index (κ3) is 4.38. The highest BCUT2D eigenvalue weighted by molar-refractivity contribution is 5.77. The summed E-state index contributed by atoms with van der Waals surface area (Å²) in [5.41, 5.74) is 8.03. The third-order valence-electron chi connectivity index (χ3n) is 6.93. The zero-order valence-corrected chi connectivity index (χ0v) is 20.9. The fraction of sp³-hybridized carbons (Fsp3) is 0.118. The van der Waals surface area contributed by atoms with E-state index in [1.54, 1.807) is 0 Å². The lowest BCUT2D eigenvalue weighted by atomic mass is 9.66. The van der Waals surface area contributed by atoms with E-state index in [4.69, 9.17) is 0 Å². The maximum absolute atomic E-state index is 3.88. The Morgan fingerprint density at radius 3 is 2.03 bits per heavy atom. The van der Waals surface area contributed by atoms with E-state index < -0.39 is 0 Å². The molecular weight excluding hydrogens is 436 g/mol. The van der Waals surface area contributed by atoms with Gasteiger partial charge in [-0.2, -0.15) is 0 Å². The first-order chi connectivity index (χ1) is 17.7. The first-order valence-corrected chi connectivity index (χ1v) is 12.5. The van der Waals surface area contributed by atoms with Crippen molar-refractivity contribution in [3.05, 3.63) is 162 Å². The molecule has 0 amide bonds. The fourth-order valence-corrected chi connectivity index (χ4v) is 5.24. The third-order valence-corrected chi connectivity index (χ3v) is 6.93. The molecule has 36 heavy (non-hydrogen) atoms. The molecule has 0 saturated carbocycles. The van der Waals surface area contributed by atoms with Gasteiger partial charge < -0.3 is 10.6 Å². The molecule has 1 unspecified atom stereocenters. The highest BCUT2D eigenvalue weighted by Crippen LogP contribution is 2.51. The number of anilines is 3. The van der Waals surface area contributed by atoms with Crippen LogP contribution in [0.15, 0.2) is 140 Å². The topological polar surface area (TPSA) is 24.1 Å². The molecule has 1 heterocycles. The van der Waals surface area contributed by atoms with Crippen molar-refractivity contribution in [1.29, 1.82) is 0 Å². The van der Waals surface area contributed by atoms with E-state index >= 15 is 0 Å². The van der Waals surface area contributed by atoms with Crippen molar-refractivity contribution in [2.24, 2.45) is 0 Å². The van der Waals surface area contributed by atoms with Gasteiger partial charge in [0.25, 0.3) is 0 Å². The molecule has 0 spiro atoms. The standard InChI is InChI=1S/C34H32N2/c1-3-4-5-6-13-22-33-34(27-17-9-7-10-18-27,28-19-11-8-12-20-28)30-24-23-29(25-32(30)36-33)35-31-21-15-14-16-26(31)2/h3-25,33,35-36H,1-2H3/b4-3-,6-5-,22-13+. The molecule has 1 aliphatic rings. The number of aryl methyl sites for hydroxylation is 1. The Morgan fingerprint density at radius 1 is 0.722 bits per heavy atom. The fourth-order valence-electron chi connectivity index (χ4n) is 5.24. The molecule has 0 fully saturated rings. The molecule has 1 atom stereocenters. The van der Waals surface area contributed by atoms with E-state index in [0.29, 0.717) is 0 Å². The van der Waals surface area contributed by atoms with E-state index in [-0.39, 0.29) is 11.5 Å². The predicted octanol–water partition coefficient (Wildman–Crippen LogP) is 8.56. The number of allylic oxidation sites excluding steroid dienone is 5. The summed E-state index contributed by atoms with van der Waals surface area (Å²) in [6.07, 6.45) is 12.7. The van der Waals surface area contributed by atoms with Crippen LogP contribution >= 0.6 is 0 Å². The van der Waals surface area contributed by atoms with Crippen LogP contribution in [-0.2, 0) is 5.41 Å². The summed E-state index contributed by atoms with van der Waals surface area (Å²) in [5.74, 6) is 0. The van der Waals surface area contributed by atoms with Gasteiger partial charge in [-0.05, 0) is 54.3 Å². The highest BCUT2D eigenvalue weighted by Gasteiger charge is 2.48. The zero-order valence-electron chi connectivity index (χ0n) is 20.9. The van der Waals surface area contributed by atoms with Gasteiger partial charge in [0.15, 0.2) is 0 Å². The molecule has 2 nitrogen and oxygen atoms in total. The lowest BCUT2D eigenvalue weighted by molar-refractivity contribution is 0.605. The number of hydrogen-bond donors (Lipinski definition) is 2. The molecule has 2 heteroatoms. The Hall–Kier alpha value is -4.30. The summed E-state index contributed by atoms with van der Waals surface area (Å²) in [6, 6.07) is 36.9. The molecule has 4 aromatic rings. The molecular formula is C34H32N2. The van der Waals surface area contributed by atoms with Crippen molar-refractivity contribution in [3.8, 4) is 0 Å². The van der Waals surface area contributed by atoms with Crippen LogP contribution in [0.25, 0.3) is 0 Å². The van der Waals surface area contributed by atoms with Crippen LogP contribution in [0.4, 0.5) is 17.1 Å². The summed E-state index contributed by atoms with van der Waals surface area (Å²) < 4.78 is 0. The lowest BCUT2D eigenvalue weighted by Crippen LogP contribution is -2.39. The second-order valence-corrected chi connectivity index (χ2v) is 9.16. The Bertz CT molecular complexity index is 1360. The number of fused-ring (bicyclic) bond motifs is 1. The maximum Gasteiger partial charge on any atom is 0.0708 e. The number of nitrogens with one attached hydrogen (secondary N) is 2. The number of benzene rings is 4. The Labute approximate surface area is 214 Å². The summed E-state index contributed by atoms with van der Waals surface area (Å²) >= 11 is 0. The summed E-state index contributed by atoms with van der Waals surface area (Å²) in [4.78, 5) is 0. The second-order valence-electron chi connectivity index (χ2n) is 9.16. The van der Waals surface area contributed by atoms with Crippen LogP contribution in [-0.4, -0.2) is 6.04 Å². The molecule has 0 aromatic heterocycles. The van der Waals surface area contributed by atoms with E-state index in [9.17, 15) is 0 Å². The molecule has 5 rings (SSSR count). The van der Waals surface area contributed by atoms with Crippen LogP contribution in [0.1, 0.15) is 29.2 Å². The lowest BCUT2D eigenvalue weighted by Gasteiger charge is -2.36. The van der Waals surface area contributed by atoms with Crippen molar-refractivity contribution in [2.45, 2.75) is 25.3 Å². The minimum Gasteiger partial charge on any atom is -0.377 e. The predicted molar refractivity (Wildman–Crippen MR) is 154 cm³/mol. The number of hydrogen-bond acceptors (Lipinski definition) is 2. The van der Waals surface area contributed by atoms with Gasteiger partial charge in [-0.25, -0.2) is 0 Å². The smallest absolute Gasteiger partial charge is 0.0708 e. The highest BCUT2D eigenvalue weighted by atomic mass is 15.0. The molecule has 0 aliphatic carbocycles. The normalized spacial score (nSPS) is 16.4. The van der Waals surface area contributed by atoms with Gasteiger partial charge in [-0.3, -0.25) is 0 Å². The first kappa shape index (κ1) is 23.4. The van der Waals surface area contributed by atoms with Crippen molar-refractivity contribution in [3.63, 3.8) is 0 Å². The number of rotatable bonds is 7. The number of para-hydroxylation sites is 1. The van der Waals surface area contributed by atoms with E-state index in [0.717, 1.165) is 17.1 Å². The van der Waals surface area contributed by atoms with Crippen LogP contribution in [0.3, 0.4) is 0 Å². The molecule has 0 bridgehead atoms. The average molecular weight is 469 g/mol. The first-order valence-electron chi connectivity index (χ1n) is 12.5. The molecule has 0 saturated heterocycles. The van der Waals surface area contributed by atoms with Crippen molar-refractivity contribution < 1.29 is 0 Å². The molecule has 2 N–H and O–H groups in total. The molecule has 4 aromatic carbocycles. The quantitative estimate of drug-likeness (QED) is 0.265. The Balaban J connectivity index is 1.66. The Morgan fingerprint density at radius 2 is 1.36 bits per heavy atom. The van der Waals surface area contributed by atoms with Gasteiger partial charge in [-0.15, -0.1) is 0 Å². The Kier molecular flexibility index (Phi) is 6.86. The summed E-state index contributed by atoms with van der Waals surface area (Å²) in [5, 5.41) is 7.49. The molecule has 1 aliphatic heterocycles. The van der Waals surface area contributed by atoms with Crippen molar-refractivity contribution in [1.82, 2.24) is 0 Å². The summed E-state index contributed by atoms with van der Waals surface area (Å²) in [7, 11) is 0.